The predicted molar refractivity (Wildman–Crippen MR) is 81.0 cm³/mol. The van der Waals surface area contributed by atoms with Crippen LogP contribution in [0.25, 0.3) is 0 Å². The molecule has 0 saturated carbocycles. The van der Waals surface area contributed by atoms with E-state index in [2.05, 4.69) is 10.1 Å². The Balaban J connectivity index is 1.95. The van der Waals surface area contributed by atoms with Crippen LogP contribution in [0.15, 0.2) is 21.3 Å². The maximum Gasteiger partial charge on any atom is 0.290 e. The number of aromatic nitrogens is 2. The Morgan fingerprint density at radius 2 is 2.22 bits per heavy atom. The molecule has 0 aliphatic carbocycles. The molecule has 2 aromatic rings. The van der Waals surface area contributed by atoms with Crippen molar-refractivity contribution in [2.24, 2.45) is 0 Å². The molecule has 1 amide bonds. The third-order valence-corrected chi connectivity index (χ3v) is 4.06. The molecule has 0 spiro atoms. The summed E-state index contributed by atoms with van der Waals surface area (Å²) in [7, 11) is 0. The van der Waals surface area contributed by atoms with Crippen LogP contribution in [0.1, 0.15) is 60.6 Å². The van der Waals surface area contributed by atoms with Crippen LogP contribution in [0.3, 0.4) is 0 Å². The molecule has 0 bridgehead atoms. The van der Waals surface area contributed by atoms with E-state index in [4.69, 9.17) is 13.7 Å². The van der Waals surface area contributed by atoms with Gasteiger partial charge in [0.2, 0.25) is 0 Å². The average molecular weight is 319 g/mol. The second-order valence-corrected chi connectivity index (χ2v) is 6.06. The number of nitrogens with zero attached hydrogens (tertiary/aromatic N) is 3. The average Bonchev–Trinajstić information content (AvgIpc) is 3.15. The van der Waals surface area contributed by atoms with Crippen molar-refractivity contribution in [2.75, 3.05) is 13.2 Å². The topological polar surface area (TPSA) is 81.6 Å². The first kappa shape index (κ1) is 15.7. The largest absolute Gasteiger partial charge is 0.459 e. The van der Waals surface area contributed by atoms with Crippen LogP contribution in [0.2, 0.25) is 0 Å². The van der Waals surface area contributed by atoms with Crippen LogP contribution in [-0.2, 0) is 4.74 Å². The van der Waals surface area contributed by atoms with Crippen LogP contribution in [-0.4, -0.2) is 40.2 Å². The first-order chi connectivity index (χ1) is 11.0. The van der Waals surface area contributed by atoms with Gasteiger partial charge < -0.3 is 18.6 Å². The van der Waals surface area contributed by atoms with Crippen LogP contribution < -0.4 is 0 Å². The second kappa shape index (κ2) is 6.16. The highest BCUT2D eigenvalue weighted by Gasteiger charge is 2.39. The van der Waals surface area contributed by atoms with E-state index in [1.54, 1.807) is 18.1 Å². The van der Waals surface area contributed by atoms with E-state index >= 15 is 0 Å². The summed E-state index contributed by atoms with van der Waals surface area (Å²) in [4.78, 5) is 19.0. The number of aryl methyl sites for hydroxylation is 1. The smallest absolute Gasteiger partial charge is 0.290 e. The van der Waals surface area contributed by atoms with E-state index in [1.807, 2.05) is 26.8 Å². The zero-order valence-corrected chi connectivity index (χ0v) is 13.8. The Bertz CT molecular complexity index is 691. The van der Waals surface area contributed by atoms with E-state index in [1.165, 1.54) is 0 Å². The number of furan rings is 1. The summed E-state index contributed by atoms with van der Waals surface area (Å²) in [6, 6.07) is 1.43. The summed E-state index contributed by atoms with van der Waals surface area (Å²) in [6.07, 6.45) is 1.32. The quantitative estimate of drug-likeness (QED) is 0.865. The second-order valence-electron chi connectivity index (χ2n) is 6.06. The Morgan fingerprint density at radius 1 is 1.43 bits per heavy atom. The molecule has 1 aliphatic rings. The molecule has 1 fully saturated rings. The third-order valence-electron chi connectivity index (χ3n) is 4.06. The van der Waals surface area contributed by atoms with Gasteiger partial charge in [-0.25, -0.2) is 0 Å². The molecule has 1 aliphatic heterocycles. The van der Waals surface area contributed by atoms with Crippen molar-refractivity contribution in [3.05, 3.63) is 35.4 Å². The van der Waals surface area contributed by atoms with Gasteiger partial charge in [-0.05, 0) is 25.8 Å². The van der Waals surface area contributed by atoms with Gasteiger partial charge in [0.15, 0.2) is 11.6 Å². The van der Waals surface area contributed by atoms with Gasteiger partial charge in [0.05, 0.1) is 19.0 Å². The molecule has 1 saturated heterocycles. The SMILES string of the molecule is Cc1noc([C@@H]2[C@@H](C)OCCN2C(=O)c2occc2C(C)C)n1. The lowest BCUT2D eigenvalue weighted by Crippen LogP contribution is -2.47. The summed E-state index contributed by atoms with van der Waals surface area (Å²) >= 11 is 0. The van der Waals surface area contributed by atoms with Gasteiger partial charge in [-0.2, -0.15) is 4.98 Å². The van der Waals surface area contributed by atoms with Gasteiger partial charge in [-0.15, -0.1) is 0 Å². The number of carbonyl (C=O) groups excluding carboxylic acids is 1. The summed E-state index contributed by atoms with van der Waals surface area (Å²) in [5, 5.41) is 3.83. The van der Waals surface area contributed by atoms with Crippen LogP contribution in [0.5, 0.6) is 0 Å². The van der Waals surface area contributed by atoms with Gasteiger partial charge in [-0.3, -0.25) is 4.79 Å². The lowest BCUT2D eigenvalue weighted by Gasteiger charge is -2.37. The Kier molecular flexibility index (Phi) is 4.21. The van der Waals surface area contributed by atoms with Crippen molar-refractivity contribution in [1.82, 2.24) is 15.0 Å². The van der Waals surface area contributed by atoms with Crippen molar-refractivity contribution in [3.8, 4) is 0 Å². The molecule has 2 aromatic heterocycles. The normalized spacial score (nSPS) is 21.9. The molecule has 0 unspecified atom stereocenters. The van der Waals surface area contributed by atoms with Crippen molar-refractivity contribution in [3.63, 3.8) is 0 Å². The molecule has 0 aromatic carbocycles. The van der Waals surface area contributed by atoms with Gasteiger partial charge in [0.1, 0.15) is 6.04 Å². The fraction of sp³-hybridized carbons (Fsp3) is 0.562. The molecule has 7 heteroatoms. The van der Waals surface area contributed by atoms with Gasteiger partial charge >= 0.3 is 0 Å². The molecule has 0 N–H and O–H groups in total. The lowest BCUT2D eigenvalue weighted by molar-refractivity contribution is -0.0609. The maximum atomic E-state index is 13.0. The van der Waals surface area contributed by atoms with E-state index in [0.29, 0.717) is 30.6 Å². The monoisotopic (exact) mass is 319 g/mol. The minimum atomic E-state index is -0.414. The first-order valence-electron chi connectivity index (χ1n) is 7.79. The summed E-state index contributed by atoms with van der Waals surface area (Å²) in [6.45, 7) is 8.62. The van der Waals surface area contributed by atoms with Crippen LogP contribution >= 0.6 is 0 Å². The molecule has 3 rings (SSSR count). The van der Waals surface area contributed by atoms with Crippen molar-refractivity contribution >= 4 is 5.91 Å². The fourth-order valence-electron chi connectivity index (χ4n) is 2.89. The van der Waals surface area contributed by atoms with Crippen LogP contribution in [0, 0.1) is 6.92 Å². The molecule has 2 atom stereocenters. The van der Waals surface area contributed by atoms with Crippen molar-refractivity contribution in [2.45, 2.75) is 45.8 Å². The number of ether oxygens (including phenoxy) is 1. The van der Waals surface area contributed by atoms with Gasteiger partial charge in [0, 0.05) is 12.1 Å². The lowest BCUT2D eigenvalue weighted by atomic mass is 10.0. The Labute approximate surface area is 134 Å². The van der Waals surface area contributed by atoms with E-state index in [0.717, 1.165) is 5.56 Å². The number of carbonyl (C=O) groups is 1. The number of morpholine rings is 1. The number of amides is 1. The maximum absolute atomic E-state index is 13.0. The summed E-state index contributed by atoms with van der Waals surface area (Å²) in [5.41, 5.74) is 0.898. The van der Waals surface area contributed by atoms with E-state index in [-0.39, 0.29) is 17.9 Å². The number of rotatable bonds is 3. The van der Waals surface area contributed by atoms with E-state index in [9.17, 15) is 4.79 Å². The van der Waals surface area contributed by atoms with Crippen molar-refractivity contribution < 1.29 is 18.5 Å². The molecule has 23 heavy (non-hydrogen) atoms. The number of hydrogen-bond donors (Lipinski definition) is 0. The molecule has 3 heterocycles. The van der Waals surface area contributed by atoms with Gasteiger partial charge in [-0.1, -0.05) is 19.0 Å². The highest BCUT2D eigenvalue weighted by atomic mass is 16.5. The highest BCUT2D eigenvalue weighted by Crippen LogP contribution is 2.31. The van der Waals surface area contributed by atoms with Crippen molar-refractivity contribution in [1.29, 1.82) is 0 Å². The minimum absolute atomic E-state index is 0.172. The van der Waals surface area contributed by atoms with Gasteiger partial charge in [0.25, 0.3) is 11.8 Å². The zero-order chi connectivity index (χ0) is 16.6. The third kappa shape index (κ3) is 2.88. The molecular formula is C16H21N3O4. The zero-order valence-electron chi connectivity index (χ0n) is 13.8. The summed E-state index contributed by atoms with van der Waals surface area (Å²) in [5.74, 6) is 1.33. The molecule has 124 valence electrons. The predicted octanol–water partition coefficient (Wildman–Crippen LogP) is 2.70. The highest BCUT2D eigenvalue weighted by molar-refractivity contribution is 5.93. The Morgan fingerprint density at radius 3 is 2.87 bits per heavy atom. The summed E-state index contributed by atoms with van der Waals surface area (Å²) < 4.78 is 16.4. The minimum Gasteiger partial charge on any atom is -0.459 e. The van der Waals surface area contributed by atoms with Crippen LogP contribution in [0.4, 0.5) is 0 Å². The number of hydrogen-bond acceptors (Lipinski definition) is 6. The fourth-order valence-corrected chi connectivity index (χ4v) is 2.89. The molecule has 7 nitrogen and oxygen atoms in total. The standard InChI is InChI=1S/C16H21N3O4/c1-9(2)12-5-7-22-14(12)16(20)19-6-8-21-10(3)13(19)15-17-11(4)18-23-15/h5,7,9-10,13H,6,8H2,1-4H3/t10-,13+/m1/s1. The Hall–Kier alpha value is -2.15. The molecule has 0 radical (unpaired) electrons. The van der Waals surface area contributed by atoms with E-state index < -0.39 is 6.04 Å². The first-order valence-corrected chi connectivity index (χ1v) is 7.79. The molecular weight excluding hydrogens is 298 g/mol.